The average molecular weight is 226 g/mol. The Balaban J connectivity index is 2.27. The molecule has 16 heavy (non-hydrogen) atoms. The largest absolute Gasteiger partial charge is 0.498 e. The van der Waals surface area contributed by atoms with Gasteiger partial charge in [-0.1, -0.05) is 0 Å². The second-order valence-corrected chi connectivity index (χ2v) is 5.03. The Morgan fingerprint density at radius 3 is 2.38 bits per heavy atom. The second-order valence-electron chi connectivity index (χ2n) is 5.03. The van der Waals surface area contributed by atoms with E-state index >= 15 is 0 Å². The lowest BCUT2D eigenvalue weighted by atomic mass is 9.79. The predicted octanol–water partition coefficient (Wildman–Crippen LogP) is 1.18. The van der Waals surface area contributed by atoms with Crippen LogP contribution >= 0.6 is 0 Å². The number of aromatic amines is 1. The van der Waals surface area contributed by atoms with Gasteiger partial charge in [0.1, 0.15) is 6.67 Å². The Morgan fingerprint density at radius 1 is 1.31 bits per heavy atom. The van der Waals surface area contributed by atoms with E-state index in [1.807, 2.05) is 27.7 Å². The van der Waals surface area contributed by atoms with Crippen LogP contribution in [0.1, 0.15) is 33.4 Å². The Labute approximate surface area is 94.7 Å². The number of nitrogens with one attached hydrogen (secondary N) is 1. The molecule has 4 nitrogen and oxygen atoms in total. The first kappa shape index (κ1) is 11.6. The number of halogens is 1. The van der Waals surface area contributed by atoms with Gasteiger partial charge in [-0.25, -0.2) is 4.39 Å². The normalized spacial score (nSPS) is 22.7. The Bertz CT molecular complexity index is 376. The van der Waals surface area contributed by atoms with E-state index in [1.54, 1.807) is 6.20 Å². The first-order valence-corrected chi connectivity index (χ1v) is 5.31. The highest BCUT2D eigenvalue weighted by Crippen LogP contribution is 2.36. The van der Waals surface area contributed by atoms with Crippen LogP contribution < -0.4 is 5.46 Å². The molecule has 0 bridgehead atoms. The zero-order chi connectivity index (χ0) is 12.0. The lowest BCUT2D eigenvalue weighted by Gasteiger charge is -2.32. The molecular formula is C10H16BFN2O2. The van der Waals surface area contributed by atoms with Crippen molar-refractivity contribution < 1.29 is 13.7 Å². The molecule has 0 radical (unpaired) electrons. The number of H-pyrrole nitrogens is 1. The number of hydrogen-bond acceptors (Lipinski definition) is 3. The van der Waals surface area contributed by atoms with Crippen LogP contribution in [0.25, 0.3) is 0 Å². The van der Waals surface area contributed by atoms with Crippen molar-refractivity contribution in [3.63, 3.8) is 0 Å². The van der Waals surface area contributed by atoms with Crippen LogP contribution in [0.2, 0.25) is 0 Å². The fourth-order valence-corrected chi connectivity index (χ4v) is 1.60. The van der Waals surface area contributed by atoms with Gasteiger partial charge in [-0.2, -0.15) is 5.10 Å². The maximum absolute atomic E-state index is 12.7. The molecular weight excluding hydrogens is 210 g/mol. The maximum atomic E-state index is 12.7. The number of rotatable bonds is 2. The number of aromatic nitrogens is 2. The summed E-state index contributed by atoms with van der Waals surface area (Å²) in [5.74, 6) is 0. The molecule has 1 aromatic heterocycles. The molecule has 1 aliphatic heterocycles. The minimum Gasteiger partial charge on any atom is -0.399 e. The summed E-state index contributed by atoms with van der Waals surface area (Å²) in [6.07, 6.45) is 1.55. The van der Waals surface area contributed by atoms with E-state index in [2.05, 4.69) is 10.2 Å². The fourth-order valence-electron chi connectivity index (χ4n) is 1.60. The number of hydrogen-bond donors (Lipinski definition) is 1. The summed E-state index contributed by atoms with van der Waals surface area (Å²) in [5, 5.41) is 6.41. The second kappa shape index (κ2) is 3.57. The van der Waals surface area contributed by atoms with Crippen molar-refractivity contribution in [2.24, 2.45) is 0 Å². The van der Waals surface area contributed by atoms with E-state index in [1.165, 1.54) is 0 Å². The molecule has 2 rings (SSSR count). The van der Waals surface area contributed by atoms with E-state index in [0.717, 1.165) is 0 Å². The summed E-state index contributed by atoms with van der Waals surface area (Å²) >= 11 is 0. The van der Waals surface area contributed by atoms with Gasteiger partial charge in [0.25, 0.3) is 0 Å². The van der Waals surface area contributed by atoms with E-state index in [-0.39, 0.29) is 0 Å². The van der Waals surface area contributed by atoms with E-state index in [0.29, 0.717) is 11.2 Å². The lowest BCUT2D eigenvalue weighted by molar-refractivity contribution is 0.00578. The molecule has 6 heteroatoms. The SMILES string of the molecule is CC1(C)OB(c2cn[nH]c2CF)OC1(C)C. The summed E-state index contributed by atoms with van der Waals surface area (Å²) < 4.78 is 24.3. The zero-order valence-corrected chi connectivity index (χ0v) is 10.0. The first-order chi connectivity index (χ1) is 7.37. The molecule has 0 spiro atoms. The Hall–Kier alpha value is -0.875. The summed E-state index contributed by atoms with van der Waals surface area (Å²) in [5.41, 5.74) is 0.227. The van der Waals surface area contributed by atoms with Crippen LogP contribution in [-0.4, -0.2) is 28.5 Å². The lowest BCUT2D eigenvalue weighted by Crippen LogP contribution is -2.41. The topological polar surface area (TPSA) is 47.1 Å². The van der Waals surface area contributed by atoms with Crippen LogP contribution in [0.5, 0.6) is 0 Å². The van der Waals surface area contributed by atoms with Crippen LogP contribution in [0.15, 0.2) is 6.20 Å². The average Bonchev–Trinajstić information content (AvgIpc) is 2.69. The van der Waals surface area contributed by atoms with Crippen molar-refractivity contribution in [3.8, 4) is 0 Å². The van der Waals surface area contributed by atoms with Crippen molar-refractivity contribution in [2.75, 3.05) is 0 Å². The van der Waals surface area contributed by atoms with Gasteiger partial charge in [-0.05, 0) is 27.7 Å². The molecule has 0 saturated carbocycles. The summed E-state index contributed by atoms with van der Waals surface area (Å²) in [7, 11) is -0.547. The third kappa shape index (κ3) is 1.66. The number of nitrogens with zero attached hydrogens (tertiary/aromatic N) is 1. The molecule has 0 atom stereocenters. The van der Waals surface area contributed by atoms with E-state index < -0.39 is 25.0 Å². The molecule has 0 aromatic carbocycles. The molecule has 1 aromatic rings. The third-order valence-electron chi connectivity index (χ3n) is 3.39. The molecule has 1 N–H and O–H groups in total. The van der Waals surface area contributed by atoms with Gasteiger partial charge in [0.2, 0.25) is 0 Å². The van der Waals surface area contributed by atoms with Crippen molar-refractivity contribution >= 4 is 12.6 Å². The van der Waals surface area contributed by atoms with Crippen LogP contribution in [0, 0.1) is 0 Å². The molecule has 1 saturated heterocycles. The minimum absolute atomic E-state index is 0.414. The smallest absolute Gasteiger partial charge is 0.399 e. The summed E-state index contributed by atoms with van der Waals surface area (Å²) in [6, 6.07) is 0. The summed E-state index contributed by atoms with van der Waals surface area (Å²) in [4.78, 5) is 0. The van der Waals surface area contributed by atoms with Gasteiger partial charge in [-0.3, -0.25) is 5.10 Å². The molecule has 0 aliphatic carbocycles. The van der Waals surface area contributed by atoms with Crippen molar-refractivity contribution in [1.82, 2.24) is 10.2 Å². The first-order valence-electron chi connectivity index (χ1n) is 5.31. The quantitative estimate of drug-likeness (QED) is 0.770. The van der Waals surface area contributed by atoms with Gasteiger partial charge in [0.15, 0.2) is 0 Å². The van der Waals surface area contributed by atoms with Crippen molar-refractivity contribution in [3.05, 3.63) is 11.9 Å². The molecule has 1 aliphatic rings. The minimum atomic E-state index is -0.598. The van der Waals surface area contributed by atoms with Gasteiger partial charge in [0, 0.05) is 11.7 Å². The van der Waals surface area contributed by atoms with Crippen molar-refractivity contribution in [2.45, 2.75) is 45.6 Å². The Kier molecular flexibility index (Phi) is 2.59. The highest BCUT2D eigenvalue weighted by molar-refractivity contribution is 6.62. The van der Waals surface area contributed by atoms with Crippen LogP contribution in [-0.2, 0) is 16.0 Å². The standard InChI is InChI=1S/C10H16BFN2O2/c1-9(2)10(3,4)16-11(15-9)7-6-13-14-8(7)5-12/h6H,5H2,1-4H3,(H,13,14). The molecule has 2 heterocycles. The van der Waals surface area contributed by atoms with E-state index in [4.69, 9.17) is 9.31 Å². The predicted molar refractivity (Wildman–Crippen MR) is 59.1 cm³/mol. The number of alkyl halides is 1. The monoisotopic (exact) mass is 226 g/mol. The molecule has 0 unspecified atom stereocenters. The van der Waals surface area contributed by atoms with Gasteiger partial charge >= 0.3 is 7.12 Å². The van der Waals surface area contributed by atoms with Crippen LogP contribution in [0.4, 0.5) is 4.39 Å². The molecule has 0 amide bonds. The molecule has 1 fully saturated rings. The van der Waals surface area contributed by atoms with E-state index in [9.17, 15) is 4.39 Å². The highest BCUT2D eigenvalue weighted by atomic mass is 19.1. The molecule has 88 valence electrons. The maximum Gasteiger partial charge on any atom is 0.498 e. The zero-order valence-electron chi connectivity index (χ0n) is 10.0. The van der Waals surface area contributed by atoms with Gasteiger partial charge < -0.3 is 9.31 Å². The van der Waals surface area contributed by atoms with Gasteiger partial charge in [0.05, 0.1) is 16.9 Å². The fraction of sp³-hybridized carbons (Fsp3) is 0.700. The Morgan fingerprint density at radius 2 is 1.88 bits per heavy atom. The van der Waals surface area contributed by atoms with Crippen LogP contribution in [0.3, 0.4) is 0 Å². The summed E-state index contributed by atoms with van der Waals surface area (Å²) in [6.45, 7) is 7.24. The highest BCUT2D eigenvalue weighted by Gasteiger charge is 2.52. The third-order valence-corrected chi connectivity index (χ3v) is 3.39. The van der Waals surface area contributed by atoms with Crippen molar-refractivity contribution in [1.29, 1.82) is 0 Å². The van der Waals surface area contributed by atoms with Gasteiger partial charge in [-0.15, -0.1) is 0 Å².